The van der Waals surface area contributed by atoms with Crippen LogP contribution in [0.2, 0.25) is 0 Å². The number of fused-ring (bicyclic) bond motifs is 1. The van der Waals surface area contributed by atoms with E-state index in [-0.39, 0.29) is 31.8 Å². The lowest BCUT2D eigenvalue weighted by Crippen LogP contribution is -2.29. The van der Waals surface area contributed by atoms with E-state index in [1.54, 1.807) is 13.8 Å². The quantitative estimate of drug-likeness (QED) is 0.147. The van der Waals surface area contributed by atoms with Gasteiger partial charge in [0.25, 0.3) is 0 Å². The van der Waals surface area contributed by atoms with Crippen molar-refractivity contribution < 1.29 is 28.5 Å². The van der Waals surface area contributed by atoms with Crippen LogP contribution in [-0.2, 0) is 37.3 Å². The molecule has 6 nitrogen and oxygen atoms in total. The van der Waals surface area contributed by atoms with Crippen molar-refractivity contribution in [2.45, 2.75) is 46.0 Å². The van der Waals surface area contributed by atoms with Crippen molar-refractivity contribution in [3.63, 3.8) is 0 Å². The summed E-state index contributed by atoms with van der Waals surface area (Å²) in [4.78, 5) is 23.3. The lowest BCUT2D eigenvalue weighted by molar-refractivity contribution is -0.140. The van der Waals surface area contributed by atoms with Crippen molar-refractivity contribution >= 4 is 11.9 Å². The van der Waals surface area contributed by atoms with Crippen LogP contribution in [0.25, 0.3) is 0 Å². The summed E-state index contributed by atoms with van der Waals surface area (Å²) >= 11 is 0. The maximum atomic E-state index is 11.6. The smallest absolute Gasteiger partial charge is 0.333 e. The summed E-state index contributed by atoms with van der Waals surface area (Å²) in [5, 5.41) is 0. The maximum absolute atomic E-state index is 11.6. The molecule has 0 atom stereocenters. The third-order valence-corrected chi connectivity index (χ3v) is 7.40. The van der Waals surface area contributed by atoms with Gasteiger partial charge in [0.15, 0.2) is 0 Å². The molecule has 41 heavy (non-hydrogen) atoms. The Bertz CT molecular complexity index is 1360. The van der Waals surface area contributed by atoms with Crippen LogP contribution < -0.4 is 9.47 Å². The van der Waals surface area contributed by atoms with Gasteiger partial charge in [0.05, 0.1) is 0 Å². The number of esters is 2. The van der Waals surface area contributed by atoms with Crippen LogP contribution in [0.1, 0.15) is 47.2 Å². The Labute approximate surface area is 242 Å². The lowest BCUT2D eigenvalue weighted by Gasteiger charge is -2.32. The molecule has 3 aromatic carbocycles. The summed E-state index contributed by atoms with van der Waals surface area (Å²) in [5.41, 5.74) is 7.66. The second-order valence-corrected chi connectivity index (χ2v) is 10.7. The summed E-state index contributed by atoms with van der Waals surface area (Å²) in [6, 6.07) is 21.3. The van der Waals surface area contributed by atoms with E-state index in [0.29, 0.717) is 11.1 Å². The average molecular weight is 555 g/mol. The van der Waals surface area contributed by atoms with Crippen LogP contribution in [0.3, 0.4) is 0 Å². The number of hydrogen-bond donors (Lipinski definition) is 0. The largest absolute Gasteiger partial charge is 0.490 e. The first kappa shape index (κ1) is 29.7. The lowest BCUT2D eigenvalue weighted by atomic mass is 9.71. The molecule has 0 fully saturated rings. The van der Waals surface area contributed by atoms with E-state index in [4.69, 9.17) is 18.9 Å². The number of rotatable bonds is 12. The van der Waals surface area contributed by atoms with E-state index in [1.165, 1.54) is 22.3 Å². The summed E-state index contributed by atoms with van der Waals surface area (Å²) in [7, 11) is 0. The van der Waals surface area contributed by atoms with Crippen LogP contribution in [-0.4, -0.2) is 38.4 Å². The molecule has 214 valence electrons. The fraction of sp³-hybridized carbons (Fsp3) is 0.314. The fourth-order valence-electron chi connectivity index (χ4n) is 5.23. The molecule has 0 heterocycles. The predicted octanol–water partition coefficient (Wildman–Crippen LogP) is 6.38. The number of carbonyl (C=O) groups excluding carboxylic acids is 2. The van der Waals surface area contributed by atoms with E-state index < -0.39 is 11.9 Å². The van der Waals surface area contributed by atoms with Gasteiger partial charge in [-0.05, 0) is 86.1 Å². The SMILES string of the molecule is C=C(C)C(=O)OCCOc1ccc(C2(c3ccc(OCCOC(=O)C(=C)C)c(C)c3)Cc3ccccc3C2)cc1C. The molecule has 3 aromatic rings. The molecule has 0 bridgehead atoms. The highest BCUT2D eigenvalue weighted by molar-refractivity contribution is 5.87. The Hall–Kier alpha value is -4.32. The van der Waals surface area contributed by atoms with Gasteiger partial charge < -0.3 is 18.9 Å². The highest BCUT2D eigenvalue weighted by Gasteiger charge is 2.40. The molecule has 0 radical (unpaired) electrons. The summed E-state index contributed by atoms with van der Waals surface area (Å²) in [6.07, 6.45) is 1.77. The second kappa shape index (κ2) is 12.9. The van der Waals surface area contributed by atoms with Crippen molar-refractivity contribution in [3.05, 3.63) is 118 Å². The normalized spacial score (nSPS) is 13.2. The van der Waals surface area contributed by atoms with Crippen molar-refractivity contribution in [1.82, 2.24) is 0 Å². The first-order valence-corrected chi connectivity index (χ1v) is 13.8. The molecule has 0 unspecified atom stereocenters. The summed E-state index contributed by atoms with van der Waals surface area (Å²) < 4.78 is 22.2. The van der Waals surface area contributed by atoms with Crippen LogP contribution in [0, 0.1) is 13.8 Å². The Morgan fingerprint density at radius 2 is 1.10 bits per heavy atom. The van der Waals surface area contributed by atoms with E-state index in [1.807, 2.05) is 26.0 Å². The van der Waals surface area contributed by atoms with Crippen LogP contribution in [0.5, 0.6) is 11.5 Å². The molecule has 1 aliphatic rings. The monoisotopic (exact) mass is 554 g/mol. The minimum atomic E-state index is -0.415. The highest BCUT2D eigenvalue weighted by atomic mass is 16.6. The molecule has 0 saturated carbocycles. The molecule has 0 N–H and O–H groups in total. The Kier molecular flexibility index (Phi) is 9.33. The predicted molar refractivity (Wildman–Crippen MR) is 160 cm³/mol. The van der Waals surface area contributed by atoms with Gasteiger partial charge in [0.1, 0.15) is 37.9 Å². The molecule has 0 amide bonds. The van der Waals surface area contributed by atoms with E-state index in [2.05, 4.69) is 61.7 Å². The maximum Gasteiger partial charge on any atom is 0.333 e. The minimum absolute atomic E-state index is 0.163. The third kappa shape index (κ3) is 6.88. The minimum Gasteiger partial charge on any atom is -0.490 e. The summed E-state index contributed by atoms with van der Waals surface area (Å²) in [5.74, 6) is 0.693. The molecule has 0 saturated heterocycles. The molecule has 0 spiro atoms. The van der Waals surface area contributed by atoms with Gasteiger partial charge in [0.2, 0.25) is 0 Å². The van der Waals surface area contributed by atoms with Crippen LogP contribution in [0.4, 0.5) is 0 Å². The zero-order chi connectivity index (χ0) is 29.6. The second-order valence-electron chi connectivity index (χ2n) is 10.7. The number of carbonyl (C=O) groups is 2. The molecule has 6 heteroatoms. The molecular formula is C35H38O6. The molecule has 4 rings (SSSR count). The van der Waals surface area contributed by atoms with Gasteiger partial charge in [0, 0.05) is 16.6 Å². The number of hydrogen-bond acceptors (Lipinski definition) is 6. The zero-order valence-corrected chi connectivity index (χ0v) is 24.4. The Morgan fingerprint density at radius 1 is 0.683 bits per heavy atom. The van der Waals surface area contributed by atoms with Crippen LogP contribution >= 0.6 is 0 Å². The van der Waals surface area contributed by atoms with Crippen molar-refractivity contribution in [2.75, 3.05) is 26.4 Å². The first-order chi connectivity index (χ1) is 19.6. The third-order valence-electron chi connectivity index (χ3n) is 7.40. The number of ether oxygens (including phenoxy) is 4. The molecule has 0 aliphatic heterocycles. The Morgan fingerprint density at radius 3 is 1.46 bits per heavy atom. The van der Waals surface area contributed by atoms with Gasteiger partial charge >= 0.3 is 11.9 Å². The number of aryl methyl sites for hydroxylation is 2. The topological polar surface area (TPSA) is 71.1 Å². The van der Waals surface area contributed by atoms with Gasteiger partial charge in [-0.15, -0.1) is 0 Å². The van der Waals surface area contributed by atoms with Gasteiger partial charge in [-0.1, -0.05) is 61.7 Å². The van der Waals surface area contributed by atoms with Crippen LogP contribution in [0.15, 0.2) is 85.0 Å². The zero-order valence-electron chi connectivity index (χ0n) is 24.4. The average Bonchev–Trinajstić information content (AvgIpc) is 3.35. The fourth-order valence-corrected chi connectivity index (χ4v) is 5.23. The van der Waals surface area contributed by atoms with Gasteiger partial charge in [-0.3, -0.25) is 0 Å². The Balaban J connectivity index is 1.54. The molecular weight excluding hydrogens is 516 g/mol. The van der Waals surface area contributed by atoms with Crippen molar-refractivity contribution in [2.24, 2.45) is 0 Å². The van der Waals surface area contributed by atoms with E-state index in [9.17, 15) is 9.59 Å². The van der Waals surface area contributed by atoms with E-state index in [0.717, 1.165) is 35.5 Å². The van der Waals surface area contributed by atoms with Crippen molar-refractivity contribution in [1.29, 1.82) is 0 Å². The molecule has 0 aromatic heterocycles. The highest BCUT2D eigenvalue weighted by Crippen LogP contribution is 2.46. The van der Waals surface area contributed by atoms with Gasteiger partial charge in [-0.2, -0.15) is 0 Å². The standard InChI is InChI=1S/C35H38O6/c1-23(2)33(36)40-17-15-38-31-13-11-29(19-25(31)5)35(21-27-9-7-8-10-28(27)22-35)30-12-14-32(26(6)20-30)39-16-18-41-34(37)24(3)4/h7-14,19-20H,1,3,15-18,21-22H2,2,4-6H3. The first-order valence-electron chi connectivity index (χ1n) is 13.8. The van der Waals surface area contributed by atoms with Crippen molar-refractivity contribution in [3.8, 4) is 11.5 Å². The van der Waals surface area contributed by atoms with E-state index >= 15 is 0 Å². The van der Waals surface area contributed by atoms with Gasteiger partial charge in [-0.25, -0.2) is 9.59 Å². The number of benzene rings is 3. The summed E-state index contributed by atoms with van der Waals surface area (Å²) in [6.45, 7) is 15.4. The molecule has 1 aliphatic carbocycles.